The molecular weight excluding hydrogens is 468 g/mol. The summed E-state index contributed by atoms with van der Waals surface area (Å²) in [5.41, 5.74) is 7.04. The van der Waals surface area contributed by atoms with Gasteiger partial charge in [-0.15, -0.1) is 11.3 Å². The molecule has 1 amide bonds. The third-order valence-electron chi connectivity index (χ3n) is 6.15. The number of esters is 1. The molecule has 178 valence electrons. The van der Waals surface area contributed by atoms with Crippen molar-refractivity contribution in [3.05, 3.63) is 106 Å². The summed E-state index contributed by atoms with van der Waals surface area (Å²) in [7, 11) is 1.34. The van der Waals surface area contributed by atoms with Gasteiger partial charge in [0.2, 0.25) is 0 Å². The molecule has 2 heterocycles. The highest BCUT2D eigenvalue weighted by molar-refractivity contribution is 7.15. The van der Waals surface area contributed by atoms with E-state index in [9.17, 15) is 9.59 Å². The number of carbonyl (C=O) groups excluding carboxylic acids is 2. The maximum Gasteiger partial charge on any atom is 0.341 e. The van der Waals surface area contributed by atoms with Crippen LogP contribution in [0.4, 0.5) is 5.00 Å². The summed E-state index contributed by atoms with van der Waals surface area (Å²) in [6.07, 6.45) is 0. The highest BCUT2D eigenvalue weighted by Crippen LogP contribution is 2.37. The third kappa shape index (κ3) is 4.39. The zero-order chi connectivity index (χ0) is 25.2. The maximum atomic E-state index is 13.7. The summed E-state index contributed by atoms with van der Waals surface area (Å²) in [5.74, 6) is -0.812. The van der Waals surface area contributed by atoms with Crippen LogP contribution in [0.3, 0.4) is 0 Å². The van der Waals surface area contributed by atoms with E-state index in [1.165, 1.54) is 18.4 Å². The van der Waals surface area contributed by atoms with Crippen molar-refractivity contribution in [2.45, 2.75) is 13.8 Å². The van der Waals surface area contributed by atoms with Gasteiger partial charge < -0.3 is 10.1 Å². The van der Waals surface area contributed by atoms with Gasteiger partial charge >= 0.3 is 5.97 Å². The Morgan fingerprint density at radius 2 is 1.61 bits per heavy atom. The predicted octanol–water partition coefficient (Wildman–Crippen LogP) is 7.29. The second-order valence-corrected chi connectivity index (χ2v) is 9.43. The molecule has 0 atom stereocenters. The lowest BCUT2D eigenvalue weighted by molar-refractivity contribution is 0.0603. The average Bonchev–Trinajstić information content (AvgIpc) is 3.31. The van der Waals surface area contributed by atoms with E-state index in [0.717, 1.165) is 44.4 Å². The van der Waals surface area contributed by atoms with Gasteiger partial charge in [0.05, 0.1) is 23.9 Å². The van der Waals surface area contributed by atoms with Gasteiger partial charge in [-0.25, -0.2) is 9.78 Å². The molecule has 3 aromatic carbocycles. The number of rotatable bonds is 5. The summed E-state index contributed by atoms with van der Waals surface area (Å²) in [5, 5.41) is 6.03. The molecule has 0 saturated carbocycles. The van der Waals surface area contributed by atoms with Crippen LogP contribution < -0.4 is 5.32 Å². The molecule has 0 aliphatic heterocycles. The number of ether oxygens (including phenoxy) is 1. The Morgan fingerprint density at radius 3 is 2.36 bits per heavy atom. The van der Waals surface area contributed by atoms with Crippen molar-refractivity contribution in [1.29, 1.82) is 0 Å². The van der Waals surface area contributed by atoms with E-state index in [1.807, 2.05) is 98.1 Å². The van der Waals surface area contributed by atoms with E-state index in [1.54, 1.807) is 0 Å². The number of fused-ring (bicyclic) bond motifs is 1. The van der Waals surface area contributed by atoms with Crippen LogP contribution >= 0.6 is 11.3 Å². The second kappa shape index (κ2) is 9.76. The Balaban J connectivity index is 1.59. The molecule has 1 N–H and O–H groups in total. The van der Waals surface area contributed by atoms with Crippen molar-refractivity contribution >= 4 is 39.1 Å². The van der Waals surface area contributed by atoms with Crippen molar-refractivity contribution in [3.63, 3.8) is 0 Å². The van der Waals surface area contributed by atoms with Crippen molar-refractivity contribution in [2.75, 3.05) is 12.4 Å². The van der Waals surface area contributed by atoms with Crippen LogP contribution in [0.1, 0.15) is 31.8 Å². The minimum Gasteiger partial charge on any atom is -0.465 e. The third-order valence-corrected chi connectivity index (χ3v) is 7.05. The van der Waals surface area contributed by atoms with Crippen LogP contribution in [-0.4, -0.2) is 24.0 Å². The van der Waals surface area contributed by atoms with Gasteiger partial charge in [-0.3, -0.25) is 4.79 Å². The zero-order valence-corrected chi connectivity index (χ0v) is 21.0. The first kappa shape index (κ1) is 23.5. The van der Waals surface area contributed by atoms with Gasteiger partial charge in [-0.2, -0.15) is 0 Å². The number of para-hydroxylation sites is 1. The lowest BCUT2D eigenvalue weighted by Gasteiger charge is -2.12. The van der Waals surface area contributed by atoms with Crippen LogP contribution in [0, 0.1) is 13.8 Å². The minimum atomic E-state index is -0.498. The van der Waals surface area contributed by atoms with Crippen molar-refractivity contribution in [3.8, 4) is 22.4 Å². The Labute approximate surface area is 213 Å². The number of amides is 1. The smallest absolute Gasteiger partial charge is 0.341 e. The quantitative estimate of drug-likeness (QED) is 0.262. The number of nitrogens with one attached hydrogen (secondary N) is 1. The van der Waals surface area contributed by atoms with Gasteiger partial charge in [-0.05, 0) is 37.1 Å². The first-order valence-corrected chi connectivity index (χ1v) is 12.4. The highest BCUT2D eigenvalue weighted by atomic mass is 32.1. The van der Waals surface area contributed by atoms with Crippen LogP contribution in [-0.2, 0) is 4.74 Å². The lowest BCUT2D eigenvalue weighted by atomic mass is 10.0. The summed E-state index contributed by atoms with van der Waals surface area (Å²) in [6, 6.07) is 25.2. The fourth-order valence-electron chi connectivity index (χ4n) is 4.23. The van der Waals surface area contributed by atoms with Crippen molar-refractivity contribution in [2.24, 2.45) is 0 Å². The molecule has 36 heavy (non-hydrogen) atoms. The van der Waals surface area contributed by atoms with E-state index < -0.39 is 5.97 Å². The van der Waals surface area contributed by atoms with E-state index >= 15 is 0 Å². The number of thiophene rings is 1. The number of nitrogens with zero attached hydrogens (tertiary/aromatic N) is 1. The van der Waals surface area contributed by atoms with Crippen molar-refractivity contribution in [1.82, 2.24) is 4.98 Å². The van der Waals surface area contributed by atoms with Gasteiger partial charge in [0.15, 0.2) is 0 Å². The van der Waals surface area contributed by atoms with E-state index in [2.05, 4.69) is 5.32 Å². The number of methoxy groups -OCH3 is 1. The fraction of sp³-hybridized carbons (Fsp3) is 0.100. The van der Waals surface area contributed by atoms with Gasteiger partial charge in [0, 0.05) is 21.9 Å². The number of anilines is 1. The molecular formula is C30H24N2O3S. The van der Waals surface area contributed by atoms with E-state index in [-0.39, 0.29) is 5.91 Å². The largest absolute Gasteiger partial charge is 0.465 e. The summed E-state index contributed by atoms with van der Waals surface area (Å²) < 4.78 is 5.08. The number of pyridine rings is 1. The summed E-state index contributed by atoms with van der Waals surface area (Å²) in [4.78, 5) is 31.3. The Kier molecular flexibility index (Phi) is 6.36. The first-order valence-electron chi connectivity index (χ1n) is 11.5. The van der Waals surface area contributed by atoms with Gasteiger partial charge in [0.1, 0.15) is 10.6 Å². The fourth-order valence-corrected chi connectivity index (χ4v) is 5.18. The molecule has 2 aromatic heterocycles. The zero-order valence-electron chi connectivity index (χ0n) is 20.2. The monoisotopic (exact) mass is 492 g/mol. The molecule has 5 nitrogen and oxygen atoms in total. The number of hydrogen-bond acceptors (Lipinski definition) is 5. The summed E-state index contributed by atoms with van der Waals surface area (Å²) >= 11 is 1.30. The number of carbonyl (C=O) groups is 2. The first-order chi connectivity index (χ1) is 17.5. The van der Waals surface area contributed by atoms with Crippen LogP contribution in [0.2, 0.25) is 0 Å². The summed E-state index contributed by atoms with van der Waals surface area (Å²) in [6.45, 7) is 4.03. The molecule has 0 unspecified atom stereocenters. The molecule has 5 rings (SSSR count). The second-order valence-electron chi connectivity index (χ2n) is 8.55. The molecule has 6 heteroatoms. The molecule has 0 radical (unpaired) electrons. The van der Waals surface area contributed by atoms with E-state index in [0.29, 0.717) is 16.1 Å². The molecule has 0 aliphatic rings. The Bertz CT molecular complexity index is 1600. The van der Waals surface area contributed by atoms with Crippen LogP contribution in [0.25, 0.3) is 33.3 Å². The number of hydrogen-bond donors (Lipinski definition) is 1. The lowest BCUT2D eigenvalue weighted by Crippen LogP contribution is -2.15. The number of aryl methyl sites for hydroxylation is 2. The molecule has 5 aromatic rings. The topological polar surface area (TPSA) is 68.3 Å². The molecule has 0 spiro atoms. The van der Waals surface area contributed by atoms with Gasteiger partial charge in [0.25, 0.3) is 5.91 Å². The Morgan fingerprint density at radius 1 is 0.889 bits per heavy atom. The molecule has 0 bridgehead atoms. The van der Waals surface area contributed by atoms with Gasteiger partial charge in [-0.1, -0.05) is 72.3 Å². The van der Waals surface area contributed by atoms with Crippen LogP contribution in [0.15, 0.2) is 84.2 Å². The molecule has 0 saturated heterocycles. The highest BCUT2D eigenvalue weighted by Gasteiger charge is 2.24. The maximum absolute atomic E-state index is 13.7. The molecule has 0 aliphatic carbocycles. The minimum absolute atomic E-state index is 0.314. The Hall–Kier alpha value is -4.29. The van der Waals surface area contributed by atoms with Crippen LogP contribution in [0.5, 0.6) is 0 Å². The average molecular weight is 493 g/mol. The normalized spacial score (nSPS) is 10.9. The standard InChI is InChI=1S/C30H24N2O3S/c1-18-12-14-20(15-13-18)24-17-36-29(27(24)30(34)35-3)32-28(33)23-16-26(21-9-5-4-8-19(21)2)31-25-11-7-6-10-22(23)25/h4-17H,1-3H3,(H,32,33). The number of benzene rings is 3. The van der Waals surface area contributed by atoms with E-state index in [4.69, 9.17) is 9.72 Å². The number of aromatic nitrogens is 1. The molecule has 0 fully saturated rings. The van der Waals surface area contributed by atoms with Crippen molar-refractivity contribution < 1.29 is 14.3 Å². The predicted molar refractivity (Wildman–Crippen MR) is 146 cm³/mol. The SMILES string of the molecule is COC(=O)c1c(-c2ccc(C)cc2)csc1NC(=O)c1cc(-c2ccccc2C)nc2ccccc12.